The molecule has 0 unspecified atom stereocenters. The maximum Gasteiger partial charge on any atom is 0.253 e. The molecule has 0 saturated carbocycles. The van der Waals surface area contributed by atoms with Crippen LogP contribution in [0, 0.1) is 17.6 Å². The van der Waals surface area contributed by atoms with Crippen LogP contribution in [0.3, 0.4) is 0 Å². The smallest absolute Gasteiger partial charge is 0.253 e. The molecule has 5 heteroatoms. The van der Waals surface area contributed by atoms with Crippen LogP contribution in [0.25, 0.3) is 0 Å². The lowest BCUT2D eigenvalue weighted by molar-refractivity contribution is 0.0650. The molecule has 0 radical (unpaired) electrons. The van der Waals surface area contributed by atoms with E-state index in [-0.39, 0.29) is 24.0 Å². The van der Waals surface area contributed by atoms with E-state index in [1.807, 2.05) is 0 Å². The number of rotatable bonds is 2. The van der Waals surface area contributed by atoms with Crippen LogP contribution >= 0.6 is 0 Å². The van der Waals surface area contributed by atoms with Gasteiger partial charge in [0.15, 0.2) is 11.6 Å². The molecule has 0 spiro atoms. The summed E-state index contributed by atoms with van der Waals surface area (Å²) in [5, 5.41) is 9.01. The molecule has 1 N–H and O–H groups in total. The molecule has 1 amide bonds. The number of hydrogen-bond acceptors (Lipinski definition) is 2. The second kappa shape index (κ2) is 5.44. The van der Waals surface area contributed by atoms with Gasteiger partial charge in [-0.15, -0.1) is 0 Å². The molecular formula is C13H15F2NO2. The van der Waals surface area contributed by atoms with E-state index in [0.717, 1.165) is 25.0 Å². The minimum absolute atomic E-state index is 0.132. The van der Waals surface area contributed by atoms with Crippen LogP contribution < -0.4 is 0 Å². The largest absolute Gasteiger partial charge is 0.396 e. The van der Waals surface area contributed by atoms with E-state index < -0.39 is 11.6 Å². The first-order valence-electron chi connectivity index (χ1n) is 5.97. The predicted molar refractivity (Wildman–Crippen MR) is 62.1 cm³/mol. The van der Waals surface area contributed by atoms with Gasteiger partial charge in [0.25, 0.3) is 5.91 Å². The number of carbonyl (C=O) groups excluding carboxylic acids is 1. The third-order valence-electron chi connectivity index (χ3n) is 3.33. The monoisotopic (exact) mass is 255 g/mol. The van der Waals surface area contributed by atoms with Crippen molar-refractivity contribution in [3.8, 4) is 0 Å². The Balaban J connectivity index is 2.05. The highest BCUT2D eigenvalue weighted by Gasteiger charge is 2.23. The molecule has 98 valence electrons. The maximum atomic E-state index is 13.0. The first-order valence-corrected chi connectivity index (χ1v) is 5.97. The topological polar surface area (TPSA) is 40.5 Å². The third-order valence-corrected chi connectivity index (χ3v) is 3.33. The van der Waals surface area contributed by atoms with Crippen molar-refractivity contribution in [1.82, 2.24) is 4.90 Å². The number of halogens is 2. The summed E-state index contributed by atoms with van der Waals surface area (Å²) in [6, 6.07) is 3.18. The van der Waals surface area contributed by atoms with Crippen LogP contribution in [-0.4, -0.2) is 35.6 Å². The molecule has 2 rings (SSSR count). The Bertz CT molecular complexity index is 443. The Labute approximate surface area is 104 Å². The number of aliphatic hydroxyl groups excluding tert-OH is 1. The van der Waals surface area contributed by atoms with E-state index in [0.29, 0.717) is 13.1 Å². The summed E-state index contributed by atoms with van der Waals surface area (Å²) in [4.78, 5) is 13.6. The van der Waals surface area contributed by atoms with Crippen molar-refractivity contribution in [3.05, 3.63) is 35.4 Å². The number of nitrogens with zero attached hydrogens (tertiary/aromatic N) is 1. The molecule has 1 fully saturated rings. The fourth-order valence-electron chi connectivity index (χ4n) is 2.13. The standard InChI is InChI=1S/C13H15F2NO2/c14-11-2-1-10(7-12(11)15)13(18)16-5-3-9(8-17)4-6-16/h1-2,7,9,17H,3-6,8H2. The van der Waals surface area contributed by atoms with Crippen molar-refractivity contribution in [2.24, 2.45) is 5.92 Å². The summed E-state index contributed by atoms with van der Waals surface area (Å²) >= 11 is 0. The molecular weight excluding hydrogens is 240 g/mol. The van der Waals surface area contributed by atoms with Crippen LogP contribution in [0.2, 0.25) is 0 Å². The van der Waals surface area contributed by atoms with Gasteiger partial charge in [-0.3, -0.25) is 4.79 Å². The number of carbonyl (C=O) groups is 1. The molecule has 0 bridgehead atoms. The SMILES string of the molecule is O=C(c1ccc(F)c(F)c1)N1CCC(CO)CC1. The van der Waals surface area contributed by atoms with Crippen LogP contribution in [0.1, 0.15) is 23.2 Å². The fourth-order valence-corrected chi connectivity index (χ4v) is 2.13. The highest BCUT2D eigenvalue weighted by Crippen LogP contribution is 2.19. The number of benzene rings is 1. The van der Waals surface area contributed by atoms with Crippen molar-refractivity contribution in [1.29, 1.82) is 0 Å². The number of likely N-dealkylation sites (tertiary alicyclic amines) is 1. The van der Waals surface area contributed by atoms with Gasteiger partial charge < -0.3 is 10.0 Å². The Kier molecular flexibility index (Phi) is 3.91. The third kappa shape index (κ3) is 2.67. The zero-order chi connectivity index (χ0) is 13.1. The van der Waals surface area contributed by atoms with Crippen LogP contribution in [0.15, 0.2) is 18.2 Å². The van der Waals surface area contributed by atoms with E-state index in [9.17, 15) is 13.6 Å². The average molecular weight is 255 g/mol. The molecule has 1 aromatic rings. The summed E-state index contributed by atoms with van der Waals surface area (Å²) in [7, 11) is 0. The quantitative estimate of drug-likeness (QED) is 0.875. The molecule has 0 aromatic heterocycles. The summed E-state index contributed by atoms with van der Waals surface area (Å²) in [6.45, 7) is 1.22. The highest BCUT2D eigenvalue weighted by atomic mass is 19.2. The van der Waals surface area contributed by atoms with Crippen molar-refractivity contribution in [3.63, 3.8) is 0 Å². The average Bonchev–Trinajstić information content (AvgIpc) is 2.41. The lowest BCUT2D eigenvalue weighted by Crippen LogP contribution is -2.39. The summed E-state index contributed by atoms with van der Waals surface area (Å²) < 4.78 is 25.8. The Morgan fingerprint density at radius 1 is 1.28 bits per heavy atom. The van der Waals surface area contributed by atoms with E-state index in [1.165, 1.54) is 6.07 Å². The zero-order valence-corrected chi connectivity index (χ0v) is 9.90. The Hall–Kier alpha value is -1.49. The minimum atomic E-state index is -1.01. The summed E-state index contributed by atoms with van der Waals surface area (Å²) in [5.41, 5.74) is 0.163. The number of aliphatic hydroxyl groups is 1. The first-order chi connectivity index (χ1) is 8.61. The van der Waals surface area contributed by atoms with Gasteiger partial charge in [-0.1, -0.05) is 0 Å². The number of amides is 1. The van der Waals surface area contributed by atoms with Crippen LogP contribution in [-0.2, 0) is 0 Å². The van der Waals surface area contributed by atoms with Gasteiger partial charge in [-0.2, -0.15) is 0 Å². The van der Waals surface area contributed by atoms with E-state index >= 15 is 0 Å². The van der Waals surface area contributed by atoms with Crippen LogP contribution in [0.5, 0.6) is 0 Å². The van der Waals surface area contributed by atoms with Gasteiger partial charge in [0, 0.05) is 25.3 Å². The predicted octanol–water partition coefficient (Wildman–Crippen LogP) is 1.81. The Morgan fingerprint density at radius 2 is 1.94 bits per heavy atom. The van der Waals surface area contributed by atoms with Gasteiger partial charge in [0.2, 0.25) is 0 Å². The second-order valence-corrected chi connectivity index (χ2v) is 4.55. The first kappa shape index (κ1) is 13.0. The molecule has 1 aliphatic rings. The van der Waals surface area contributed by atoms with E-state index in [1.54, 1.807) is 4.90 Å². The maximum absolute atomic E-state index is 13.0. The summed E-state index contributed by atoms with van der Waals surface area (Å²) in [5.74, 6) is -2.01. The lowest BCUT2D eigenvalue weighted by atomic mass is 9.97. The van der Waals surface area contributed by atoms with E-state index in [4.69, 9.17) is 5.11 Å². The molecule has 3 nitrogen and oxygen atoms in total. The normalized spacial score (nSPS) is 16.9. The van der Waals surface area contributed by atoms with Crippen LogP contribution in [0.4, 0.5) is 8.78 Å². The van der Waals surface area contributed by atoms with Crippen molar-refractivity contribution in [2.45, 2.75) is 12.8 Å². The Morgan fingerprint density at radius 3 is 2.50 bits per heavy atom. The molecule has 1 aromatic carbocycles. The molecule has 1 saturated heterocycles. The van der Waals surface area contributed by atoms with Gasteiger partial charge in [0.1, 0.15) is 0 Å². The van der Waals surface area contributed by atoms with Crippen molar-refractivity contribution >= 4 is 5.91 Å². The minimum Gasteiger partial charge on any atom is -0.396 e. The molecule has 1 aliphatic heterocycles. The summed E-state index contributed by atoms with van der Waals surface area (Å²) in [6.07, 6.45) is 1.48. The van der Waals surface area contributed by atoms with Crippen molar-refractivity contribution in [2.75, 3.05) is 19.7 Å². The van der Waals surface area contributed by atoms with Gasteiger partial charge in [-0.05, 0) is 37.0 Å². The fraction of sp³-hybridized carbons (Fsp3) is 0.462. The second-order valence-electron chi connectivity index (χ2n) is 4.55. The zero-order valence-electron chi connectivity index (χ0n) is 9.90. The molecule has 0 aliphatic carbocycles. The highest BCUT2D eigenvalue weighted by molar-refractivity contribution is 5.94. The number of piperidine rings is 1. The van der Waals surface area contributed by atoms with E-state index in [2.05, 4.69) is 0 Å². The van der Waals surface area contributed by atoms with Gasteiger partial charge in [-0.25, -0.2) is 8.78 Å². The number of hydrogen-bond donors (Lipinski definition) is 1. The molecule has 1 heterocycles. The molecule has 0 atom stereocenters. The molecule has 18 heavy (non-hydrogen) atoms. The van der Waals surface area contributed by atoms with Gasteiger partial charge >= 0.3 is 0 Å². The van der Waals surface area contributed by atoms with Gasteiger partial charge in [0.05, 0.1) is 0 Å². The van der Waals surface area contributed by atoms with Crippen molar-refractivity contribution < 1.29 is 18.7 Å². The lowest BCUT2D eigenvalue weighted by Gasteiger charge is -2.31.